The summed E-state index contributed by atoms with van der Waals surface area (Å²) < 4.78 is 0. The second-order valence-corrected chi connectivity index (χ2v) is 3.63. The lowest BCUT2D eigenvalue weighted by atomic mass is 10.2. The van der Waals surface area contributed by atoms with Gasteiger partial charge in [-0.1, -0.05) is 0 Å². The predicted octanol–water partition coefficient (Wildman–Crippen LogP) is 0.334. The highest BCUT2D eigenvalue weighted by molar-refractivity contribution is 5.95. The number of carbonyl (C=O) groups is 2. The molecule has 0 radical (unpaired) electrons. The second kappa shape index (κ2) is 4.65. The van der Waals surface area contributed by atoms with Gasteiger partial charge < -0.3 is 16.4 Å². The van der Waals surface area contributed by atoms with E-state index >= 15 is 0 Å². The SMILES string of the molecule is NC(=O)C=Cc1cnc2c(c1)NCCC(=O)N2. The van der Waals surface area contributed by atoms with E-state index in [0.29, 0.717) is 18.8 Å². The van der Waals surface area contributed by atoms with Crippen molar-refractivity contribution in [3.63, 3.8) is 0 Å². The van der Waals surface area contributed by atoms with Crippen LogP contribution in [0.3, 0.4) is 0 Å². The van der Waals surface area contributed by atoms with Gasteiger partial charge in [-0.25, -0.2) is 4.98 Å². The maximum atomic E-state index is 11.3. The number of fused-ring (bicyclic) bond motifs is 1. The Morgan fingerprint density at radius 3 is 3.12 bits per heavy atom. The van der Waals surface area contributed by atoms with Crippen LogP contribution in [0.25, 0.3) is 6.08 Å². The van der Waals surface area contributed by atoms with Crippen molar-refractivity contribution in [3.8, 4) is 0 Å². The standard InChI is InChI=1S/C11H12N4O2/c12-9(16)2-1-7-5-8-11(14-6-7)15-10(17)3-4-13-8/h1-2,5-6,13H,3-4H2,(H2,12,16)(H,14,15,17). The Morgan fingerprint density at radius 2 is 2.35 bits per heavy atom. The molecule has 17 heavy (non-hydrogen) atoms. The number of carbonyl (C=O) groups excluding carboxylic acids is 2. The quantitative estimate of drug-likeness (QED) is 0.640. The monoisotopic (exact) mass is 232 g/mol. The van der Waals surface area contributed by atoms with E-state index in [1.54, 1.807) is 18.3 Å². The van der Waals surface area contributed by atoms with Crippen LogP contribution in [-0.4, -0.2) is 23.3 Å². The fourth-order valence-corrected chi connectivity index (χ4v) is 1.49. The first-order valence-electron chi connectivity index (χ1n) is 5.16. The average molecular weight is 232 g/mol. The van der Waals surface area contributed by atoms with Crippen LogP contribution < -0.4 is 16.4 Å². The maximum absolute atomic E-state index is 11.3. The molecule has 0 spiro atoms. The normalized spacial score (nSPS) is 14.7. The molecule has 88 valence electrons. The number of nitrogens with two attached hydrogens (primary N) is 1. The van der Waals surface area contributed by atoms with E-state index in [-0.39, 0.29) is 5.91 Å². The molecule has 0 bridgehead atoms. The minimum Gasteiger partial charge on any atom is -0.382 e. The highest BCUT2D eigenvalue weighted by Gasteiger charge is 2.12. The van der Waals surface area contributed by atoms with Crippen molar-refractivity contribution in [2.24, 2.45) is 5.73 Å². The average Bonchev–Trinajstić information content (AvgIpc) is 2.46. The number of anilines is 2. The number of hydrogen-bond donors (Lipinski definition) is 3. The number of nitrogens with zero attached hydrogens (tertiary/aromatic N) is 1. The Hall–Kier alpha value is -2.37. The largest absolute Gasteiger partial charge is 0.382 e. The zero-order chi connectivity index (χ0) is 12.3. The van der Waals surface area contributed by atoms with Gasteiger partial charge in [0, 0.05) is 25.2 Å². The highest BCUT2D eigenvalue weighted by atomic mass is 16.2. The number of pyridine rings is 1. The number of amides is 2. The van der Waals surface area contributed by atoms with Crippen molar-refractivity contribution in [3.05, 3.63) is 23.9 Å². The molecule has 2 amide bonds. The lowest BCUT2D eigenvalue weighted by molar-refractivity contribution is -0.116. The number of rotatable bonds is 2. The molecule has 0 saturated heterocycles. The van der Waals surface area contributed by atoms with Crippen LogP contribution in [0.2, 0.25) is 0 Å². The van der Waals surface area contributed by atoms with Crippen molar-refractivity contribution >= 4 is 29.4 Å². The molecule has 1 aliphatic heterocycles. The fraction of sp³-hybridized carbons (Fsp3) is 0.182. The van der Waals surface area contributed by atoms with E-state index < -0.39 is 5.91 Å². The van der Waals surface area contributed by atoms with Crippen molar-refractivity contribution < 1.29 is 9.59 Å². The lowest BCUT2D eigenvalue weighted by Gasteiger charge is -2.06. The van der Waals surface area contributed by atoms with Crippen LogP contribution in [0.15, 0.2) is 18.3 Å². The van der Waals surface area contributed by atoms with Gasteiger partial charge >= 0.3 is 0 Å². The summed E-state index contributed by atoms with van der Waals surface area (Å²) in [5.41, 5.74) is 6.48. The molecule has 6 heteroatoms. The van der Waals surface area contributed by atoms with Crippen LogP contribution >= 0.6 is 0 Å². The van der Waals surface area contributed by atoms with E-state index in [1.807, 2.05) is 0 Å². The summed E-state index contributed by atoms with van der Waals surface area (Å²) in [7, 11) is 0. The van der Waals surface area contributed by atoms with Crippen molar-refractivity contribution in [1.29, 1.82) is 0 Å². The number of aromatic nitrogens is 1. The smallest absolute Gasteiger partial charge is 0.241 e. The van der Waals surface area contributed by atoms with E-state index in [1.165, 1.54) is 6.08 Å². The minimum atomic E-state index is -0.513. The molecule has 0 aliphatic carbocycles. The molecule has 0 saturated carbocycles. The fourth-order valence-electron chi connectivity index (χ4n) is 1.49. The van der Waals surface area contributed by atoms with E-state index in [2.05, 4.69) is 15.6 Å². The first-order valence-corrected chi connectivity index (χ1v) is 5.16. The third-order valence-electron chi connectivity index (χ3n) is 2.27. The Bertz CT molecular complexity index is 496. The molecular formula is C11H12N4O2. The molecule has 0 aromatic carbocycles. The van der Waals surface area contributed by atoms with E-state index in [4.69, 9.17) is 5.73 Å². The van der Waals surface area contributed by atoms with Crippen LogP contribution in [0.4, 0.5) is 11.5 Å². The van der Waals surface area contributed by atoms with Crippen molar-refractivity contribution in [1.82, 2.24) is 4.98 Å². The molecule has 6 nitrogen and oxygen atoms in total. The van der Waals surface area contributed by atoms with Gasteiger partial charge in [-0.2, -0.15) is 0 Å². The van der Waals surface area contributed by atoms with Gasteiger partial charge in [0.15, 0.2) is 5.82 Å². The van der Waals surface area contributed by atoms with Gasteiger partial charge in [-0.15, -0.1) is 0 Å². The summed E-state index contributed by atoms with van der Waals surface area (Å²) in [6, 6.07) is 1.80. The maximum Gasteiger partial charge on any atom is 0.241 e. The van der Waals surface area contributed by atoms with Crippen LogP contribution in [-0.2, 0) is 9.59 Å². The van der Waals surface area contributed by atoms with Gasteiger partial charge in [0.1, 0.15) is 0 Å². The summed E-state index contributed by atoms with van der Waals surface area (Å²) >= 11 is 0. The molecule has 0 atom stereocenters. The molecule has 2 rings (SSSR count). The van der Waals surface area contributed by atoms with Gasteiger partial charge in [0.25, 0.3) is 0 Å². The third kappa shape index (κ3) is 2.81. The predicted molar refractivity (Wildman–Crippen MR) is 64.2 cm³/mol. The molecule has 1 aromatic heterocycles. The molecule has 0 unspecified atom stereocenters. The van der Waals surface area contributed by atoms with Crippen LogP contribution in [0.5, 0.6) is 0 Å². The third-order valence-corrected chi connectivity index (χ3v) is 2.27. The number of nitrogens with one attached hydrogen (secondary N) is 2. The zero-order valence-corrected chi connectivity index (χ0v) is 9.06. The van der Waals surface area contributed by atoms with Gasteiger partial charge in [0.2, 0.25) is 11.8 Å². The van der Waals surface area contributed by atoms with Crippen LogP contribution in [0, 0.1) is 0 Å². The van der Waals surface area contributed by atoms with Gasteiger partial charge in [0.05, 0.1) is 5.69 Å². The van der Waals surface area contributed by atoms with E-state index in [9.17, 15) is 9.59 Å². The molecule has 2 heterocycles. The summed E-state index contributed by atoms with van der Waals surface area (Å²) in [4.78, 5) is 26.0. The Morgan fingerprint density at radius 1 is 1.53 bits per heavy atom. The summed E-state index contributed by atoms with van der Waals surface area (Å²) in [5.74, 6) is -0.0749. The number of hydrogen-bond acceptors (Lipinski definition) is 4. The minimum absolute atomic E-state index is 0.0656. The summed E-state index contributed by atoms with van der Waals surface area (Å²) in [5, 5.41) is 5.77. The van der Waals surface area contributed by atoms with Gasteiger partial charge in [-0.05, 0) is 17.7 Å². The second-order valence-electron chi connectivity index (χ2n) is 3.63. The Balaban J connectivity index is 2.27. The molecule has 4 N–H and O–H groups in total. The first-order chi connectivity index (χ1) is 8.15. The van der Waals surface area contributed by atoms with Gasteiger partial charge in [-0.3, -0.25) is 9.59 Å². The molecule has 0 fully saturated rings. The molecule has 1 aromatic rings. The van der Waals surface area contributed by atoms with Crippen molar-refractivity contribution in [2.75, 3.05) is 17.2 Å². The summed E-state index contributed by atoms with van der Waals surface area (Å²) in [6.45, 7) is 0.559. The van der Waals surface area contributed by atoms with Crippen LogP contribution in [0.1, 0.15) is 12.0 Å². The first kappa shape index (κ1) is 11.1. The van der Waals surface area contributed by atoms with Crippen molar-refractivity contribution in [2.45, 2.75) is 6.42 Å². The molecular weight excluding hydrogens is 220 g/mol. The zero-order valence-electron chi connectivity index (χ0n) is 9.06. The summed E-state index contributed by atoms with van der Waals surface area (Å²) in [6.07, 6.45) is 4.80. The van der Waals surface area contributed by atoms with E-state index in [0.717, 1.165) is 11.3 Å². The lowest BCUT2D eigenvalue weighted by Crippen LogP contribution is -2.11. The Labute approximate surface area is 97.9 Å². The topological polar surface area (TPSA) is 97.1 Å². The highest BCUT2D eigenvalue weighted by Crippen LogP contribution is 2.22. The molecule has 1 aliphatic rings. The number of primary amides is 1. The Kier molecular flexibility index (Phi) is 3.04.